The Morgan fingerprint density at radius 1 is 1.12 bits per heavy atom. The molecule has 2 heterocycles. The van der Waals surface area contributed by atoms with E-state index in [9.17, 15) is 9.59 Å². The minimum atomic E-state index is -0.548. The first-order chi connectivity index (χ1) is 12.1. The van der Waals surface area contributed by atoms with Crippen LogP contribution in [0.4, 0.5) is 0 Å². The van der Waals surface area contributed by atoms with E-state index in [2.05, 4.69) is 6.07 Å². The van der Waals surface area contributed by atoms with Gasteiger partial charge in [0, 0.05) is 31.5 Å². The quantitative estimate of drug-likeness (QED) is 0.792. The van der Waals surface area contributed by atoms with Gasteiger partial charge in [0.2, 0.25) is 5.91 Å². The predicted molar refractivity (Wildman–Crippen MR) is 94.2 cm³/mol. The van der Waals surface area contributed by atoms with Crippen LogP contribution in [0.2, 0.25) is 0 Å². The highest BCUT2D eigenvalue weighted by molar-refractivity contribution is 5.94. The maximum atomic E-state index is 12.6. The number of carbonyl (C=O) groups excluding carboxylic acids is 2. The molecule has 4 rings (SSSR count). The van der Waals surface area contributed by atoms with Crippen molar-refractivity contribution in [2.45, 2.75) is 31.8 Å². The second-order valence-corrected chi connectivity index (χ2v) is 6.98. The molecule has 1 saturated heterocycles. The Hall–Kier alpha value is -2.62. The van der Waals surface area contributed by atoms with E-state index in [1.54, 1.807) is 0 Å². The van der Waals surface area contributed by atoms with Crippen molar-refractivity contribution in [3.63, 3.8) is 0 Å². The smallest absolute Gasteiger partial charge is 0.339 e. The van der Waals surface area contributed by atoms with Crippen LogP contribution in [0, 0.1) is 6.92 Å². The van der Waals surface area contributed by atoms with Gasteiger partial charge in [-0.15, -0.1) is 0 Å². The van der Waals surface area contributed by atoms with E-state index in [1.165, 1.54) is 0 Å². The zero-order valence-corrected chi connectivity index (χ0v) is 14.3. The standard InChI is InChI=1S/C21H21NO3/c1-15-5-4-6-16(13-15)14-19(23)22-11-9-21(10-12-22)18-8-3-2-7-17(18)20(24)25-21/h2-8,13H,9-12,14H2,1H3. The number of carbonyl (C=O) groups is 2. The van der Waals surface area contributed by atoms with E-state index in [4.69, 9.17) is 4.74 Å². The summed E-state index contributed by atoms with van der Waals surface area (Å²) < 4.78 is 5.75. The summed E-state index contributed by atoms with van der Waals surface area (Å²) in [4.78, 5) is 26.6. The highest BCUT2D eigenvalue weighted by atomic mass is 16.6. The highest BCUT2D eigenvalue weighted by Gasteiger charge is 2.47. The molecule has 0 saturated carbocycles. The molecule has 128 valence electrons. The van der Waals surface area contributed by atoms with Gasteiger partial charge in [-0.25, -0.2) is 4.79 Å². The monoisotopic (exact) mass is 335 g/mol. The van der Waals surface area contributed by atoms with Gasteiger partial charge in [-0.3, -0.25) is 4.79 Å². The second kappa shape index (κ2) is 6.03. The van der Waals surface area contributed by atoms with E-state index in [0.717, 1.165) is 16.7 Å². The van der Waals surface area contributed by atoms with Crippen LogP contribution >= 0.6 is 0 Å². The lowest BCUT2D eigenvalue weighted by Crippen LogP contribution is -2.45. The Morgan fingerprint density at radius 2 is 1.88 bits per heavy atom. The fraction of sp³-hybridized carbons (Fsp3) is 0.333. The molecule has 0 radical (unpaired) electrons. The number of esters is 1. The topological polar surface area (TPSA) is 46.6 Å². The Morgan fingerprint density at radius 3 is 2.64 bits per heavy atom. The third-order valence-corrected chi connectivity index (χ3v) is 5.29. The van der Waals surface area contributed by atoms with Crippen molar-refractivity contribution >= 4 is 11.9 Å². The van der Waals surface area contributed by atoms with Gasteiger partial charge >= 0.3 is 5.97 Å². The molecule has 0 aliphatic carbocycles. The van der Waals surface area contributed by atoms with Crippen molar-refractivity contribution in [3.8, 4) is 0 Å². The van der Waals surface area contributed by atoms with Crippen LogP contribution in [0.15, 0.2) is 48.5 Å². The van der Waals surface area contributed by atoms with Crippen LogP contribution in [-0.2, 0) is 21.6 Å². The first-order valence-electron chi connectivity index (χ1n) is 8.74. The van der Waals surface area contributed by atoms with Crippen molar-refractivity contribution in [1.82, 2.24) is 4.90 Å². The molecule has 2 aliphatic rings. The lowest BCUT2D eigenvalue weighted by Gasteiger charge is -2.38. The van der Waals surface area contributed by atoms with Gasteiger partial charge in [-0.2, -0.15) is 0 Å². The summed E-state index contributed by atoms with van der Waals surface area (Å²) in [6.45, 7) is 3.27. The SMILES string of the molecule is Cc1cccc(CC(=O)N2CCC3(CC2)OC(=O)c2ccccc23)c1. The van der Waals surface area contributed by atoms with Gasteiger partial charge < -0.3 is 9.64 Å². The molecule has 4 heteroatoms. The Kier molecular flexibility index (Phi) is 3.83. The average molecular weight is 335 g/mol. The zero-order chi connectivity index (χ0) is 17.4. The summed E-state index contributed by atoms with van der Waals surface area (Å²) in [6.07, 6.45) is 1.75. The predicted octanol–water partition coefficient (Wildman–Crippen LogP) is 3.23. The molecule has 2 aromatic carbocycles. The molecule has 2 aromatic rings. The van der Waals surface area contributed by atoms with E-state index in [1.807, 2.05) is 54.3 Å². The zero-order valence-electron chi connectivity index (χ0n) is 14.3. The van der Waals surface area contributed by atoms with Gasteiger partial charge in [0.1, 0.15) is 5.60 Å². The van der Waals surface area contributed by atoms with Gasteiger partial charge in [0.25, 0.3) is 0 Å². The maximum Gasteiger partial charge on any atom is 0.339 e. The number of fused-ring (bicyclic) bond motifs is 2. The van der Waals surface area contributed by atoms with Crippen LogP contribution in [0.5, 0.6) is 0 Å². The van der Waals surface area contributed by atoms with Crippen LogP contribution in [0.25, 0.3) is 0 Å². The van der Waals surface area contributed by atoms with E-state index < -0.39 is 5.60 Å². The highest BCUT2D eigenvalue weighted by Crippen LogP contribution is 2.43. The third-order valence-electron chi connectivity index (χ3n) is 5.29. The Balaban J connectivity index is 1.45. The number of ether oxygens (including phenoxy) is 1. The van der Waals surface area contributed by atoms with Gasteiger partial charge in [-0.05, 0) is 18.6 Å². The second-order valence-electron chi connectivity index (χ2n) is 6.98. The number of benzene rings is 2. The van der Waals surface area contributed by atoms with Gasteiger partial charge in [0.05, 0.1) is 12.0 Å². The number of likely N-dealkylation sites (tertiary alicyclic amines) is 1. The number of hydrogen-bond acceptors (Lipinski definition) is 3. The molecule has 4 nitrogen and oxygen atoms in total. The Bertz CT molecular complexity index is 835. The number of rotatable bonds is 2. The largest absolute Gasteiger partial charge is 0.450 e. The van der Waals surface area contributed by atoms with Crippen LogP contribution in [0.1, 0.15) is 39.9 Å². The minimum absolute atomic E-state index is 0.137. The third kappa shape index (κ3) is 2.82. The van der Waals surface area contributed by atoms with Gasteiger partial charge in [-0.1, -0.05) is 48.0 Å². The first-order valence-corrected chi connectivity index (χ1v) is 8.74. The number of aryl methyl sites for hydroxylation is 1. The minimum Gasteiger partial charge on any atom is -0.450 e. The van der Waals surface area contributed by atoms with Crippen LogP contribution in [-0.4, -0.2) is 29.9 Å². The lowest BCUT2D eigenvalue weighted by molar-refractivity contribution is -0.134. The number of piperidine rings is 1. The molecule has 0 atom stereocenters. The molecule has 2 aliphatic heterocycles. The first kappa shape index (κ1) is 15.9. The van der Waals surface area contributed by atoms with Crippen LogP contribution in [0.3, 0.4) is 0 Å². The molecule has 25 heavy (non-hydrogen) atoms. The summed E-state index contributed by atoms with van der Waals surface area (Å²) in [5, 5.41) is 0. The molecule has 1 fully saturated rings. The van der Waals surface area contributed by atoms with Crippen molar-refractivity contribution in [3.05, 3.63) is 70.8 Å². The lowest BCUT2D eigenvalue weighted by atomic mass is 9.83. The fourth-order valence-corrected chi connectivity index (χ4v) is 3.94. The van der Waals surface area contributed by atoms with Crippen LogP contribution < -0.4 is 0 Å². The summed E-state index contributed by atoms with van der Waals surface area (Å²) in [6, 6.07) is 15.7. The van der Waals surface area contributed by atoms with Crippen molar-refractivity contribution < 1.29 is 14.3 Å². The van der Waals surface area contributed by atoms with E-state index in [-0.39, 0.29) is 11.9 Å². The number of nitrogens with zero attached hydrogens (tertiary/aromatic N) is 1. The Labute approximate surface area is 147 Å². The molecule has 0 N–H and O–H groups in total. The molecular formula is C21H21NO3. The fourth-order valence-electron chi connectivity index (χ4n) is 3.94. The number of hydrogen-bond donors (Lipinski definition) is 0. The molecular weight excluding hydrogens is 314 g/mol. The normalized spacial score (nSPS) is 18.1. The molecule has 0 unspecified atom stereocenters. The maximum absolute atomic E-state index is 12.6. The summed E-state index contributed by atoms with van der Waals surface area (Å²) in [7, 11) is 0. The van der Waals surface area contributed by atoms with Crippen molar-refractivity contribution in [2.24, 2.45) is 0 Å². The molecule has 0 aromatic heterocycles. The summed E-state index contributed by atoms with van der Waals surface area (Å²) in [5.74, 6) is -0.104. The van der Waals surface area contributed by atoms with E-state index >= 15 is 0 Å². The molecule has 0 bridgehead atoms. The van der Waals surface area contributed by atoms with Gasteiger partial charge in [0.15, 0.2) is 0 Å². The summed E-state index contributed by atoms with van der Waals surface area (Å²) >= 11 is 0. The average Bonchev–Trinajstić information content (AvgIpc) is 2.88. The number of amides is 1. The summed E-state index contributed by atoms with van der Waals surface area (Å²) in [5.41, 5.74) is 3.31. The van der Waals surface area contributed by atoms with Crippen molar-refractivity contribution in [1.29, 1.82) is 0 Å². The molecule has 1 spiro atoms. The van der Waals surface area contributed by atoms with Crippen molar-refractivity contribution in [2.75, 3.05) is 13.1 Å². The van der Waals surface area contributed by atoms with E-state index in [0.29, 0.717) is 37.9 Å². The molecule has 1 amide bonds.